The predicted octanol–water partition coefficient (Wildman–Crippen LogP) is 2.42. The van der Waals surface area contributed by atoms with Gasteiger partial charge in [-0.2, -0.15) is 0 Å². The van der Waals surface area contributed by atoms with E-state index in [-0.39, 0.29) is 6.04 Å². The lowest BCUT2D eigenvalue weighted by Gasteiger charge is -2.28. The number of nitrogens with one attached hydrogen (secondary N) is 2. The Hall–Kier alpha value is -2.84. The molecule has 5 nitrogen and oxygen atoms in total. The molecule has 3 N–H and O–H groups in total. The van der Waals surface area contributed by atoms with Gasteiger partial charge in [0.1, 0.15) is 0 Å². The molecule has 0 aromatic heterocycles. The van der Waals surface area contributed by atoms with Crippen molar-refractivity contribution in [2.75, 3.05) is 11.9 Å². The molecule has 2 atom stereocenters. The third kappa shape index (κ3) is 3.33. The van der Waals surface area contributed by atoms with Crippen LogP contribution in [0.3, 0.4) is 0 Å². The van der Waals surface area contributed by atoms with Gasteiger partial charge in [-0.25, -0.2) is 4.85 Å². The largest absolute Gasteiger partial charge is 0.383 e. The molecule has 0 bridgehead atoms. The minimum absolute atomic E-state index is 0.116. The highest BCUT2D eigenvalue weighted by molar-refractivity contribution is 5.82. The van der Waals surface area contributed by atoms with E-state index < -0.39 is 12.0 Å². The third-order valence-electron chi connectivity index (χ3n) is 3.93. The average Bonchev–Trinajstić information content (AvgIpc) is 2.61. The Morgan fingerprint density at radius 3 is 2.83 bits per heavy atom. The van der Waals surface area contributed by atoms with Crippen LogP contribution in [0.15, 0.2) is 48.5 Å². The summed E-state index contributed by atoms with van der Waals surface area (Å²) < 4.78 is 0. The molecule has 0 saturated heterocycles. The summed E-state index contributed by atoms with van der Waals surface area (Å²) in [5, 5.41) is 16.2. The van der Waals surface area contributed by atoms with Crippen molar-refractivity contribution in [1.29, 1.82) is 0 Å². The van der Waals surface area contributed by atoms with Gasteiger partial charge in [-0.15, -0.1) is 0 Å². The Morgan fingerprint density at radius 1 is 1.30 bits per heavy atom. The van der Waals surface area contributed by atoms with Crippen LogP contribution < -0.4 is 10.6 Å². The molecule has 1 amide bonds. The summed E-state index contributed by atoms with van der Waals surface area (Å²) in [6, 6.07) is 14.2. The van der Waals surface area contributed by atoms with Crippen LogP contribution in [0.4, 0.5) is 11.4 Å². The molecule has 0 fully saturated rings. The first-order valence-electron chi connectivity index (χ1n) is 7.45. The summed E-state index contributed by atoms with van der Waals surface area (Å²) in [7, 11) is 0. The fourth-order valence-electron chi connectivity index (χ4n) is 2.73. The molecular weight excluding hydrogens is 290 g/mol. The molecule has 3 rings (SSSR count). The van der Waals surface area contributed by atoms with Crippen LogP contribution in [0.1, 0.15) is 17.2 Å². The molecule has 23 heavy (non-hydrogen) atoms. The van der Waals surface area contributed by atoms with Crippen LogP contribution in [0.5, 0.6) is 0 Å². The van der Waals surface area contributed by atoms with Gasteiger partial charge in [-0.3, -0.25) is 4.79 Å². The van der Waals surface area contributed by atoms with E-state index >= 15 is 0 Å². The monoisotopic (exact) mass is 307 g/mol. The lowest BCUT2D eigenvalue weighted by molar-refractivity contribution is -0.130. The van der Waals surface area contributed by atoms with E-state index in [2.05, 4.69) is 15.5 Å². The van der Waals surface area contributed by atoms with Crippen LogP contribution in [-0.4, -0.2) is 23.6 Å². The van der Waals surface area contributed by atoms with Gasteiger partial charge in [0.05, 0.1) is 12.6 Å². The second-order valence-corrected chi connectivity index (χ2v) is 5.56. The predicted molar refractivity (Wildman–Crippen MR) is 88.2 cm³/mol. The van der Waals surface area contributed by atoms with Gasteiger partial charge in [0.25, 0.3) is 5.91 Å². The molecule has 116 valence electrons. The van der Waals surface area contributed by atoms with E-state index in [1.807, 2.05) is 18.2 Å². The lowest BCUT2D eigenvalue weighted by atomic mass is 9.98. The molecule has 5 heteroatoms. The number of fused-ring (bicyclic) bond motifs is 1. The highest BCUT2D eigenvalue weighted by Crippen LogP contribution is 2.27. The summed E-state index contributed by atoms with van der Waals surface area (Å²) >= 11 is 0. The zero-order chi connectivity index (χ0) is 16.2. The first-order chi connectivity index (χ1) is 11.2. The van der Waals surface area contributed by atoms with E-state index in [4.69, 9.17) is 6.57 Å². The molecule has 0 saturated carbocycles. The number of aliphatic hydroxyl groups is 1. The van der Waals surface area contributed by atoms with E-state index in [0.717, 1.165) is 11.3 Å². The summed E-state index contributed by atoms with van der Waals surface area (Å²) in [6.45, 7) is 7.67. The Morgan fingerprint density at radius 2 is 2.09 bits per heavy atom. The fraction of sp³-hybridized carbons (Fsp3) is 0.222. The Kier molecular flexibility index (Phi) is 4.26. The molecule has 0 radical (unpaired) electrons. The van der Waals surface area contributed by atoms with Crippen LogP contribution in [0.2, 0.25) is 0 Å². The molecular formula is C18H17N3O2. The van der Waals surface area contributed by atoms with Gasteiger partial charge in [0.2, 0.25) is 0 Å². The van der Waals surface area contributed by atoms with Crippen molar-refractivity contribution in [1.82, 2.24) is 5.32 Å². The highest BCUT2D eigenvalue weighted by atomic mass is 16.3. The van der Waals surface area contributed by atoms with Crippen molar-refractivity contribution in [2.24, 2.45) is 0 Å². The molecule has 2 aromatic rings. The van der Waals surface area contributed by atoms with Crippen molar-refractivity contribution in [2.45, 2.75) is 18.6 Å². The summed E-state index contributed by atoms with van der Waals surface area (Å²) in [5.74, 6) is -0.409. The second kappa shape index (κ2) is 6.51. The Bertz CT molecular complexity index is 753. The van der Waals surface area contributed by atoms with E-state index in [9.17, 15) is 9.90 Å². The Labute approximate surface area is 134 Å². The number of carbonyl (C=O) groups excluding carboxylic acids is 1. The van der Waals surface area contributed by atoms with E-state index in [1.54, 1.807) is 30.3 Å². The number of nitrogens with zero attached hydrogens (tertiary/aromatic N) is 1. The van der Waals surface area contributed by atoms with Crippen LogP contribution in [0, 0.1) is 6.57 Å². The quantitative estimate of drug-likeness (QED) is 0.763. The van der Waals surface area contributed by atoms with E-state index in [0.29, 0.717) is 24.2 Å². The normalized spacial score (nSPS) is 17.3. The van der Waals surface area contributed by atoms with Crippen LogP contribution in [-0.2, 0) is 11.2 Å². The third-order valence-corrected chi connectivity index (χ3v) is 3.93. The second-order valence-electron chi connectivity index (χ2n) is 5.56. The summed E-state index contributed by atoms with van der Waals surface area (Å²) in [5.41, 5.74) is 3.15. The highest BCUT2D eigenvalue weighted by Gasteiger charge is 2.24. The number of benzene rings is 2. The zero-order valence-electron chi connectivity index (χ0n) is 12.5. The first kappa shape index (κ1) is 15.1. The number of rotatable bonds is 3. The van der Waals surface area contributed by atoms with Crippen LogP contribution in [0.25, 0.3) is 4.85 Å². The van der Waals surface area contributed by atoms with Crippen molar-refractivity contribution in [3.8, 4) is 0 Å². The molecule has 1 aliphatic heterocycles. The molecule has 1 heterocycles. The van der Waals surface area contributed by atoms with Crippen molar-refractivity contribution in [3.05, 3.63) is 71.1 Å². The summed E-state index contributed by atoms with van der Waals surface area (Å²) in [6.07, 6.45) is -0.536. The molecule has 1 unspecified atom stereocenters. The maximum Gasteiger partial charge on any atom is 0.253 e. The molecule has 0 spiro atoms. The number of amides is 1. The minimum Gasteiger partial charge on any atom is -0.383 e. The van der Waals surface area contributed by atoms with E-state index in [1.165, 1.54) is 0 Å². The number of hydrogen-bond donors (Lipinski definition) is 3. The van der Waals surface area contributed by atoms with Gasteiger partial charge in [-0.05, 0) is 23.6 Å². The van der Waals surface area contributed by atoms with Gasteiger partial charge in [0, 0.05) is 12.2 Å². The topological polar surface area (TPSA) is 65.7 Å². The number of aliphatic hydroxyl groups excluding tert-OH is 1. The average molecular weight is 307 g/mol. The van der Waals surface area contributed by atoms with Crippen molar-refractivity contribution >= 4 is 17.3 Å². The molecule has 0 aliphatic carbocycles. The van der Waals surface area contributed by atoms with Gasteiger partial charge in [0.15, 0.2) is 11.8 Å². The zero-order valence-corrected chi connectivity index (χ0v) is 12.5. The lowest BCUT2D eigenvalue weighted by Crippen LogP contribution is -2.45. The number of carbonyl (C=O) groups is 1. The first-order valence-corrected chi connectivity index (χ1v) is 7.45. The summed E-state index contributed by atoms with van der Waals surface area (Å²) in [4.78, 5) is 15.6. The van der Waals surface area contributed by atoms with Crippen molar-refractivity contribution < 1.29 is 9.90 Å². The Balaban J connectivity index is 1.67. The maximum atomic E-state index is 12.2. The number of anilines is 1. The van der Waals surface area contributed by atoms with Crippen LogP contribution >= 0.6 is 0 Å². The molecule has 1 aliphatic rings. The van der Waals surface area contributed by atoms with Gasteiger partial charge < -0.3 is 15.7 Å². The smallest absolute Gasteiger partial charge is 0.253 e. The van der Waals surface area contributed by atoms with Gasteiger partial charge >= 0.3 is 0 Å². The fourth-order valence-corrected chi connectivity index (χ4v) is 2.73. The standard InChI is InChI=1S/C18H17N3O2/c1-19-14-7-8-16-13(9-14)10-15(11-20-16)21-18(23)17(22)12-5-3-2-4-6-12/h2-9,15,17,20,22H,10-11H2,(H,21,23)/t15?,17-/m0/s1. The van der Waals surface area contributed by atoms with Crippen molar-refractivity contribution in [3.63, 3.8) is 0 Å². The minimum atomic E-state index is -1.17. The SMILES string of the molecule is [C-]#[N+]c1ccc2c(c1)CC(NC(=O)[C@@H](O)c1ccccc1)CN2. The van der Waals surface area contributed by atoms with Gasteiger partial charge in [-0.1, -0.05) is 42.5 Å². The maximum absolute atomic E-state index is 12.2. The molecule has 2 aromatic carbocycles. The number of hydrogen-bond acceptors (Lipinski definition) is 3.